The van der Waals surface area contributed by atoms with Crippen LogP contribution in [0.3, 0.4) is 0 Å². The van der Waals surface area contributed by atoms with Crippen LogP contribution in [0.1, 0.15) is 0 Å². The van der Waals surface area contributed by atoms with E-state index in [1.165, 1.54) is 11.3 Å². The van der Waals surface area contributed by atoms with Crippen molar-refractivity contribution in [3.8, 4) is 5.19 Å². The summed E-state index contributed by atoms with van der Waals surface area (Å²) in [5.74, 6) is 0. The van der Waals surface area contributed by atoms with Gasteiger partial charge in [0.25, 0.3) is 5.19 Å². The lowest BCUT2D eigenvalue weighted by molar-refractivity contribution is 0.0179. The van der Waals surface area contributed by atoms with E-state index < -0.39 is 0 Å². The van der Waals surface area contributed by atoms with Crippen molar-refractivity contribution >= 4 is 16.3 Å². The molecule has 0 fully saturated rings. The number of methoxy groups -OCH3 is 1. The van der Waals surface area contributed by atoms with E-state index in [1.54, 1.807) is 13.3 Å². The van der Waals surface area contributed by atoms with Gasteiger partial charge < -0.3 is 24.7 Å². The summed E-state index contributed by atoms with van der Waals surface area (Å²) in [6.45, 7) is 3.28. The fraction of sp³-hybridized carbons (Fsp3) is 0.700. The predicted molar refractivity (Wildman–Crippen MR) is 65.5 cm³/mol. The van der Waals surface area contributed by atoms with Crippen molar-refractivity contribution in [2.45, 2.75) is 0 Å². The first kappa shape index (κ1) is 14.2. The Kier molecular flexibility index (Phi) is 7.65. The van der Waals surface area contributed by atoms with E-state index in [0.717, 1.165) is 0 Å². The number of ether oxygens (including phenoxy) is 4. The Morgan fingerprint density at radius 1 is 1.12 bits per heavy atom. The quantitative estimate of drug-likeness (QED) is 0.628. The van der Waals surface area contributed by atoms with Crippen LogP contribution < -0.4 is 10.5 Å². The molecule has 0 saturated heterocycles. The molecule has 0 aliphatic rings. The topological polar surface area (TPSA) is 75.8 Å². The van der Waals surface area contributed by atoms with Gasteiger partial charge in [-0.05, 0) is 0 Å². The summed E-state index contributed by atoms with van der Waals surface area (Å²) in [7, 11) is 1.64. The van der Waals surface area contributed by atoms with E-state index in [9.17, 15) is 0 Å². The second-order valence-corrected chi connectivity index (χ2v) is 4.12. The Morgan fingerprint density at radius 2 is 1.76 bits per heavy atom. The molecule has 0 spiro atoms. The van der Waals surface area contributed by atoms with Gasteiger partial charge in [-0.2, -0.15) is 0 Å². The van der Waals surface area contributed by atoms with Crippen molar-refractivity contribution in [3.63, 3.8) is 0 Å². The van der Waals surface area contributed by atoms with Gasteiger partial charge in [-0.15, -0.1) is 0 Å². The molecular weight excluding hydrogens is 244 g/mol. The number of hydrogen-bond donors (Lipinski definition) is 1. The summed E-state index contributed by atoms with van der Waals surface area (Å²) in [4.78, 5) is 3.96. The van der Waals surface area contributed by atoms with Gasteiger partial charge >= 0.3 is 0 Å². The molecule has 17 heavy (non-hydrogen) atoms. The maximum Gasteiger partial charge on any atom is 0.275 e. The molecule has 0 radical (unpaired) electrons. The molecule has 6 nitrogen and oxygen atoms in total. The summed E-state index contributed by atoms with van der Waals surface area (Å²) in [6.07, 6.45) is 1.57. The lowest BCUT2D eigenvalue weighted by atomic mass is 10.7. The number of rotatable bonds is 10. The minimum Gasteiger partial charge on any atom is -0.468 e. The first-order valence-electron chi connectivity index (χ1n) is 5.31. The van der Waals surface area contributed by atoms with Crippen LogP contribution in [0, 0.1) is 0 Å². The number of nitrogens with zero attached hydrogens (tertiary/aromatic N) is 1. The fourth-order valence-electron chi connectivity index (χ4n) is 0.989. The van der Waals surface area contributed by atoms with E-state index in [2.05, 4.69) is 4.98 Å². The van der Waals surface area contributed by atoms with Crippen LogP contribution in [0.5, 0.6) is 5.19 Å². The standard InChI is InChI=1S/C10H18N2O4S/c1-13-2-3-14-4-5-15-6-7-16-10-12-8-9(11)17-10/h8H,2-7,11H2,1H3. The molecule has 0 aliphatic heterocycles. The zero-order valence-electron chi connectivity index (χ0n) is 9.89. The number of nitrogen functional groups attached to an aromatic ring is 1. The third-order valence-electron chi connectivity index (χ3n) is 1.76. The monoisotopic (exact) mass is 262 g/mol. The highest BCUT2D eigenvalue weighted by Gasteiger charge is 1.99. The molecule has 2 N–H and O–H groups in total. The van der Waals surface area contributed by atoms with Gasteiger partial charge in [-0.3, -0.25) is 0 Å². The van der Waals surface area contributed by atoms with Crippen LogP contribution in [0.25, 0.3) is 0 Å². The van der Waals surface area contributed by atoms with Gasteiger partial charge in [0.05, 0.1) is 39.2 Å². The Labute approximate surface area is 105 Å². The second kappa shape index (κ2) is 9.17. The predicted octanol–water partition coefficient (Wildman–Crippen LogP) is 0.784. The fourth-order valence-corrected chi connectivity index (χ4v) is 1.54. The van der Waals surface area contributed by atoms with Crippen molar-refractivity contribution in [1.82, 2.24) is 4.98 Å². The highest BCUT2D eigenvalue weighted by molar-refractivity contribution is 7.17. The maximum atomic E-state index is 5.51. The summed E-state index contributed by atoms with van der Waals surface area (Å²) in [6, 6.07) is 0. The highest BCUT2D eigenvalue weighted by atomic mass is 32.1. The van der Waals surface area contributed by atoms with Gasteiger partial charge in [0.1, 0.15) is 11.6 Å². The van der Waals surface area contributed by atoms with E-state index >= 15 is 0 Å². The van der Waals surface area contributed by atoms with Crippen molar-refractivity contribution in [3.05, 3.63) is 6.20 Å². The molecule has 0 atom stereocenters. The van der Waals surface area contributed by atoms with Crippen molar-refractivity contribution in [2.75, 3.05) is 52.5 Å². The molecule has 0 saturated carbocycles. The van der Waals surface area contributed by atoms with Crippen LogP contribution in [-0.4, -0.2) is 51.7 Å². The summed E-state index contributed by atoms with van der Waals surface area (Å²) in [5, 5.41) is 1.22. The van der Waals surface area contributed by atoms with Crippen LogP contribution >= 0.6 is 11.3 Å². The van der Waals surface area contributed by atoms with Crippen molar-refractivity contribution in [1.29, 1.82) is 0 Å². The minimum atomic E-state index is 0.463. The lowest BCUT2D eigenvalue weighted by Crippen LogP contribution is -2.12. The summed E-state index contributed by atoms with van der Waals surface area (Å²) >= 11 is 1.32. The van der Waals surface area contributed by atoms with Gasteiger partial charge in [0.15, 0.2) is 0 Å². The Hall–Kier alpha value is -0.890. The third-order valence-corrected chi connectivity index (χ3v) is 2.50. The zero-order valence-corrected chi connectivity index (χ0v) is 10.7. The molecule has 1 heterocycles. The Balaban J connectivity index is 1.84. The van der Waals surface area contributed by atoms with E-state index in [4.69, 9.17) is 24.7 Å². The molecule has 7 heteroatoms. The van der Waals surface area contributed by atoms with E-state index in [1.807, 2.05) is 0 Å². The average Bonchev–Trinajstić information content (AvgIpc) is 2.73. The number of hydrogen-bond acceptors (Lipinski definition) is 7. The molecule has 0 aliphatic carbocycles. The SMILES string of the molecule is COCCOCCOCCOc1ncc(N)s1. The normalized spacial score (nSPS) is 10.6. The first-order chi connectivity index (χ1) is 8.33. The average molecular weight is 262 g/mol. The molecule has 0 bridgehead atoms. The smallest absolute Gasteiger partial charge is 0.275 e. The molecule has 1 aromatic heterocycles. The van der Waals surface area contributed by atoms with Crippen LogP contribution in [0.4, 0.5) is 5.00 Å². The first-order valence-corrected chi connectivity index (χ1v) is 6.13. The highest BCUT2D eigenvalue weighted by Crippen LogP contribution is 2.21. The van der Waals surface area contributed by atoms with Crippen molar-refractivity contribution in [2.24, 2.45) is 0 Å². The number of nitrogens with two attached hydrogens (primary N) is 1. The van der Waals surface area contributed by atoms with Crippen LogP contribution in [0.2, 0.25) is 0 Å². The molecule has 1 rings (SSSR count). The largest absolute Gasteiger partial charge is 0.468 e. The van der Waals surface area contributed by atoms with Crippen LogP contribution in [-0.2, 0) is 14.2 Å². The molecule has 1 aromatic rings. The Bertz CT molecular complexity index is 296. The van der Waals surface area contributed by atoms with Gasteiger partial charge in [-0.1, -0.05) is 11.3 Å². The van der Waals surface area contributed by atoms with Gasteiger partial charge in [0.2, 0.25) is 0 Å². The van der Waals surface area contributed by atoms with E-state index in [0.29, 0.717) is 49.8 Å². The number of thiazole rings is 1. The van der Waals surface area contributed by atoms with Crippen molar-refractivity contribution < 1.29 is 18.9 Å². The van der Waals surface area contributed by atoms with Gasteiger partial charge in [0, 0.05) is 7.11 Å². The summed E-state index contributed by atoms with van der Waals surface area (Å²) in [5.41, 5.74) is 5.51. The van der Waals surface area contributed by atoms with Gasteiger partial charge in [-0.25, -0.2) is 4.98 Å². The van der Waals surface area contributed by atoms with Crippen LogP contribution in [0.15, 0.2) is 6.20 Å². The molecule has 0 unspecified atom stereocenters. The molecular formula is C10H18N2O4S. The molecule has 0 aromatic carbocycles. The zero-order chi connectivity index (χ0) is 12.3. The van der Waals surface area contributed by atoms with E-state index in [-0.39, 0.29) is 0 Å². The molecule has 98 valence electrons. The molecule has 0 amide bonds. The minimum absolute atomic E-state index is 0.463. The third kappa shape index (κ3) is 7.11. The maximum absolute atomic E-state index is 5.51. The Morgan fingerprint density at radius 3 is 2.35 bits per heavy atom. The number of aromatic nitrogens is 1. The second-order valence-electron chi connectivity index (χ2n) is 3.09. The lowest BCUT2D eigenvalue weighted by Gasteiger charge is -2.05. The summed E-state index contributed by atoms with van der Waals surface area (Å²) < 4.78 is 20.7. The number of anilines is 1.